The smallest absolute Gasteiger partial charge is 0.138 e. The van der Waals surface area contributed by atoms with Crippen molar-refractivity contribution in [3.63, 3.8) is 0 Å². The van der Waals surface area contributed by atoms with Gasteiger partial charge >= 0.3 is 0 Å². The molecule has 0 atom stereocenters. The Morgan fingerprint density at radius 2 is 1.50 bits per heavy atom. The van der Waals surface area contributed by atoms with E-state index in [1.54, 1.807) is 0 Å². The predicted molar refractivity (Wildman–Crippen MR) is 104 cm³/mol. The van der Waals surface area contributed by atoms with Crippen LogP contribution in [-0.2, 0) is 6.42 Å². The Bertz CT molecular complexity index is 995. The second-order valence-electron chi connectivity index (χ2n) is 6.46. The van der Waals surface area contributed by atoms with Gasteiger partial charge in [0.25, 0.3) is 0 Å². The summed E-state index contributed by atoms with van der Waals surface area (Å²) in [5, 5.41) is 0. The highest BCUT2D eigenvalue weighted by molar-refractivity contribution is 5.81. The molecule has 3 heteroatoms. The third kappa shape index (κ3) is 2.58. The van der Waals surface area contributed by atoms with E-state index in [1.807, 2.05) is 30.3 Å². The van der Waals surface area contributed by atoms with Crippen molar-refractivity contribution < 1.29 is 4.74 Å². The Morgan fingerprint density at radius 3 is 2.27 bits per heavy atom. The normalized spacial score (nSPS) is 12.6. The van der Waals surface area contributed by atoms with Crippen LogP contribution in [0.4, 0.5) is 0 Å². The van der Waals surface area contributed by atoms with Crippen LogP contribution in [0.5, 0.6) is 5.75 Å². The zero-order chi connectivity index (χ0) is 17.3. The lowest BCUT2D eigenvalue weighted by atomic mass is 10.1. The first-order valence-corrected chi connectivity index (χ1v) is 8.85. The van der Waals surface area contributed by atoms with E-state index in [9.17, 15) is 0 Å². The van der Waals surface area contributed by atoms with Gasteiger partial charge in [0.1, 0.15) is 11.6 Å². The SMILES string of the molecule is c1ccc(-c2nc(-c3ccc4c(c3)CCO4)[nH]c2-c2ccccc2)cc1. The van der Waals surface area contributed by atoms with Gasteiger partial charge in [0.05, 0.1) is 18.0 Å². The lowest BCUT2D eigenvalue weighted by Gasteiger charge is -2.02. The van der Waals surface area contributed by atoms with Crippen molar-refractivity contribution in [2.24, 2.45) is 0 Å². The Balaban J connectivity index is 1.67. The molecule has 1 aromatic heterocycles. The highest BCUT2D eigenvalue weighted by Gasteiger charge is 2.17. The number of aromatic nitrogens is 2. The third-order valence-electron chi connectivity index (χ3n) is 4.78. The highest BCUT2D eigenvalue weighted by atomic mass is 16.5. The van der Waals surface area contributed by atoms with E-state index >= 15 is 0 Å². The van der Waals surface area contributed by atoms with Crippen LogP contribution < -0.4 is 4.74 Å². The average molecular weight is 338 g/mol. The summed E-state index contributed by atoms with van der Waals surface area (Å²) < 4.78 is 5.63. The van der Waals surface area contributed by atoms with Gasteiger partial charge in [0, 0.05) is 23.1 Å². The molecule has 4 aromatic rings. The van der Waals surface area contributed by atoms with Crippen LogP contribution in [0.15, 0.2) is 78.9 Å². The first-order valence-electron chi connectivity index (χ1n) is 8.85. The minimum Gasteiger partial charge on any atom is -0.493 e. The molecule has 0 radical (unpaired) electrons. The molecule has 0 fully saturated rings. The van der Waals surface area contributed by atoms with E-state index in [2.05, 4.69) is 53.5 Å². The summed E-state index contributed by atoms with van der Waals surface area (Å²) >= 11 is 0. The summed E-state index contributed by atoms with van der Waals surface area (Å²) in [5.41, 5.74) is 6.61. The zero-order valence-electron chi connectivity index (χ0n) is 14.3. The minimum atomic E-state index is 0.765. The number of rotatable bonds is 3. The van der Waals surface area contributed by atoms with E-state index in [0.717, 1.165) is 52.7 Å². The van der Waals surface area contributed by atoms with Crippen molar-refractivity contribution in [1.29, 1.82) is 0 Å². The van der Waals surface area contributed by atoms with Crippen LogP contribution in [0.3, 0.4) is 0 Å². The molecule has 0 bridgehead atoms. The predicted octanol–water partition coefficient (Wildman–Crippen LogP) is 5.35. The van der Waals surface area contributed by atoms with Crippen molar-refractivity contribution in [2.75, 3.05) is 6.61 Å². The standard InChI is InChI=1S/C23H18N2O/c1-3-7-16(8-4-1)21-22(17-9-5-2-6-10-17)25-23(24-21)19-11-12-20-18(15-19)13-14-26-20/h1-12,15H,13-14H2,(H,24,25). The maximum atomic E-state index is 5.63. The fourth-order valence-electron chi connectivity index (χ4n) is 3.46. The van der Waals surface area contributed by atoms with E-state index in [4.69, 9.17) is 9.72 Å². The largest absolute Gasteiger partial charge is 0.493 e. The lowest BCUT2D eigenvalue weighted by Crippen LogP contribution is -1.85. The maximum Gasteiger partial charge on any atom is 0.138 e. The quantitative estimate of drug-likeness (QED) is 0.547. The number of hydrogen-bond acceptors (Lipinski definition) is 2. The van der Waals surface area contributed by atoms with E-state index < -0.39 is 0 Å². The molecule has 0 amide bonds. The maximum absolute atomic E-state index is 5.63. The van der Waals surface area contributed by atoms with E-state index in [1.165, 1.54) is 5.56 Å². The Hall–Kier alpha value is -3.33. The number of imidazole rings is 1. The monoisotopic (exact) mass is 338 g/mol. The lowest BCUT2D eigenvalue weighted by molar-refractivity contribution is 0.357. The summed E-state index contributed by atoms with van der Waals surface area (Å²) in [5.74, 6) is 1.88. The van der Waals surface area contributed by atoms with Gasteiger partial charge in [-0.15, -0.1) is 0 Å². The fourth-order valence-corrected chi connectivity index (χ4v) is 3.46. The molecule has 3 nitrogen and oxygen atoms in total. The summed E-state index contributed by atoms with van der Waals surface area (Å²) in [4.78, 5) is 8.51. The van der Waals surface area contributed by atoms with Gasteiger partial charge in [-0.1, -0.05) is 60.7 Å². The average Bonchev–Trinajstić information content (AvgIpc) is 3.36. The number of benzene rings is 3. The van der Waals surface area contributed by atoms with Gasteiger partial charge in [-0.2, -0.15) is 0 Å². The first-order chi connectivity index (χ1) is 12.9. The molecular weight excluding hydrogens is 320 g/mol. The zero-order valence-corrected chi connectivity index (χ0v) is 14.3. The number of nitrogens with zero attached hydrogens (tertiary/aromatic N) is 1. The molecule has 1 N–H and O–H groups in total. The molecule has 0 saturated carbocycles. The molecule has 0 saturated heterocycles. The molecule has 26 heavy (non-hydrogen) atoms. The van der Waals surface area contributed by atoms with Crippen LogP contribution >= 0.6 is 0 Å². The van der Waals surface area contributed by atoms with Gasteiger partial charge in [0.2, 0.25) is 0 Å². The number of H-pyrrole nitrogens is 1. The first kappa shape index (κ1) is 15.0. The number of aromatic amines is 1. The summed E-state index contributed by atoms with van der Waals surface area (Å²) in [6, 6.07) is 27.0. The van der Waals surface area contributed by atoms with Gasteiger partial charge < -0.3 is 9.72 Å². The third-order valence-corrected chi connectivity index (χ3v) is 4.78. The second kappa shape index (κ2) is 6.19. The molecule has 5 rings (SSSR count). The molecule has 1 aliphatic heterocycles. The molecular formula is C23H18N2O. The van der Waals surface area contributed by atoms with Crippen LogP contribution in [0.2, 0.25) is 0 Å². The van der Waals surface area contributed by atoms with Crippen molar-refractivity contribution in [3.05, 3.63) is 84.4 Å². The molecule has 0 unspecified atom stereocenters. The Labute approximate surface area is 152 Å². The van der Waals surface area contributed by atoms with Gasteiger partial charge in [-0.25, -0.2) is 4.98 Å². The molecule has 2 heterocycles. The van der Waals surface area contributed by atoms with Crippen LogP contribution in [0.25, 0.3) is 33.9 Å². The Kier molecular flexibility index (Phi) is 3.56. The topological polar surface area (TPSA) is 37.9 Å². The summed E-state index contributed by atoms with van der Waals surface area (Å²) in [6.45, 7) is 0.765. The minimum absolute atomic E-state index is 0.765. The van der Waals surface area contributed by atoms with Crippen LogP contribution in [0, 0.1) is 0 Å². The Morgan fingerprint density at radius 1 is 0.769 bits per heavy atom. The van der Waals surface area contributed by atoms with E-state index in [0.29, 0.717) is 0 Å². The highest BCUT2D eigenvalue weighted by Crippen LogP contribution is 2.35. The molecule has 0 spiro atoms. The molecule has 3 aromatic carbocycles. The number of nitrogens with one attached hydrogen (secondary N) is 1. The van der Waals surface area contributed by atoms with Crippen molar-refractivity contribution >= 4 is 0 Å². The van der Waals surface area contributed by atoms with Crippen molar-refractivity contribution in [3.8, 4) is 39.7 Å². The number of ether oxygens (including phenoxy) is 1. The van der Waals surface area contributed by atoms with Crippen LogP contribution in [0.1, 0.15) is 5.56 Å². The van der Waals surface area contributed by atoms with Gasteiger partial charge in [-0.3, -0.25) is 0 Å². The molecule has 1 aliphatic rings. The van der Waals surface area contributed by atoms with Gasteiger partial charge in [-0.05, 0) is 23.8 Å². The van der Waals surface area contributed by atoms with Gasteiger partial charge in [0.15, 0.2) is 0 Å². The van der Waals surface area contributed by atoms with Crippen molar-refractivity contribution in [1.82, 2.24) is 9.97 Å². The van der Waals surface area contributed by atoms with Crippen molar-refractivity contribution in [2.45, 2.75) is 6.42 Å². The number of hydrogen-bond donors (Lipinski definition) is 1. The molecule has 126 valence electrons. The van der Waals surface area contributed by atoms with E-state index in [-0.39, 0.29) is 0 Å². The fraction of sp³-hybridized carbons (Fsp3) is 0.0870. The summed E-state index contributed by atoms with van der Waals surface area (Å²) in [6.07, 6.45) is 0.959. The van der Waals surface area contributed by atoms with Crippen LogP contribution in [-0.4, -0.2) is 16.6 Å². The number of fused-ring (bicyclic) bond motifs is 1. The molecule has 0 aliphatic carbocycles. The summed E-state index contributed by atoms with van der Waals surface area (Å²) in [7, 11) is 0. The second-order valence-corrected chi connectivity index (χ2v) is 6.46.